The standard InChI is InChI=1S/C15H15NOS/c1-9-4-3-5-11-6-13(17-15(9)11)14(16)12-8-18-7-10(12)2/h3-8,14H,16H2,1-2H3. The van der Waals surface area contributed by atoms with Gasteiger partial charge in [-0.1, -0.05) is 18.2 Å². The lowest BCUT2D eigenvalue weighted by Gasteiger charge is -2.07. The number of para-hydroxylation sites is 1. The summed E-state index contributed by atoms with van der Waals surface area (Å²) in [6.07, 6.45) is 0. The molecule has 18 heavy (non-hydrogen) atoms. The highest BCUT2D eigenvalue weighted by atomic mass is 32.1. The molecular weight excluding hydrogens is 242 g/mol. The van der Waals surface area contributed by atoms with Crippen molar-refractivity contribution in [2.45, 2.75) is 19.9 Å². The van der Waals surface area contributed by atoms with Crippen LogP contribution in [0, 0.1) is 13.8 Å². The summed E-state index contributed by atoms with van der Waals surface area (Å²) in [5.74, 6) is 0.834. The Balaban J connectivity index is 2.10. The van der Waals surface area contributed by atoms with Gasteiger partial charge in [0.05, 0.1) is 6.04 Å². The summed E-state index contributed by atoms with van der Waals surface area (Å²) >= 11 is 1.68. The van der Waals surface area contributed by atoms with E-state index in [4.69, 9.17) is 10.2 Å². The number of thiophene rings is 1. The Kier molecular flexibility index (Phi) is 2.73. The average Bonchev–Trinajstić information content (AvgIpc) is 2.95. The molecule has 0 amide bonds. The van der Waals surface area contributed by atoms with Crippen LogP contribution in [0.1, 0.15) is 28.5 Å². The van der Waals surface area contributed by atoms with Gasteiger partial charge in [0, 0.05) is 5.39 Å². The second-order valence-electron chi connectivity index (χ2n) is 4.63. The van der Waals surface area contributed by atoms with Gasteiger partial charge in [0.15, 0.2) is 0 Å². The molecule has 0 aliphatic rings. The molecule has 3 aromatic rings. The Hall–Kier alpha value is -1.58. The van der Waals surface area contributed by atoms with Crippen LogP contribution in [0.25, 0.3) is 11.0 Å². The number of nitrogens with two attached hydrogens (primary N) is 1. The van der Waals surface area contributed by atoms with Crippen LogP contribution >= 0.6 is 11.3 Å². The van der Waals surface area contributed by atoms with E-state index in [0.717, 1.165) is 27.9 Å². The van der Waals surface area contributed by atoms with E-state index < -0.39 is 0 Å². The summed E-state index contributed by atoms with van der Waals surface area (Å²) in [7, 11) is 0. The predicted molar refractivity (Wildman–Crippen MR) is 76.0 cm³/mol. The van der Waals surface area contributed by atoms with Gasteiger partial charge in [-0.15, -0.1) is 0 Å². The highest BCUT2D eigenvalue weighted by molar-refractivity contribution is 7.08. The lowest BCUT2D eigenvalue weighted by atomic mass is 10.1. The van der Waals surface area contributed by atoms with Crippen LogP contribution in [0.2, 0.25) is 0 Å². The fraction of sp³-hybridized carbons (Fsp3) is 0.200. The van der Waals surface area contributed by atoms with Crippen molar-refractivity contribution >= 4 is 22.3 Å². The van der Waals surface area contributed by atoms with Crippen molar-refractivity contribution < 1.29 is 4.42 Å². The van der Waals surface area contributed by atoms with Crippen molar-refractivity contribution in [2.24, 2.45) is 5.73 Å². The maximum absolute atomic E-state index is 6.29. The number of furan rings is 1. The van der Waals surface area contributed by atoms with E-state index in [0.29, 0.717) is 0 Å². The van der Waals surface area contributed by atoms with Crippen molar-refractivity contribution in [1.82, 2.24) is 0 Å². The first-order valence-electron chi connectivity index (χ1n) is 5.94. The number of hydrogen-bond acceptors (Lipinski definition) is 3. The molecule has 0 bridgehead atoms. The van der Waals surface area contributed by atoms with Gasteiger partial charge in [0.25, 0.3) is 0 Å². The normalized spacial score (nSPS) is 13.1. The average molecular weight is 257 g/mol. The first-order valence-corrected chi connectivity index (χ1v) is 6.88. The molecule has 92 valence electrons. The van der Waals surface area contributed by atoms with Crippen molar-refractivity contribution in [2.75, 3.05) is 0 Å². The molecule has 0 aliphatic carbocycles. The Morgan fingerprint density at radius 2 is 2.00 bits per heavy atom. The molecule has 1 unspecified atom stereocenters. The summed E-state index contributed by atoms with van der Waals surface area (Å²) in [6, 6.07) is 8.02. The van der Waals surface area contributed by atoms with Crippen LogP contribution in [-0.2, 0) is 0 Å². The second kappa shape index (κ2) is 4.26. The first-order chi connectivity index (χ1) is 8.66. The van der Waals surface area contributed by atoms with Crippen LogP contribution in [0.15, 0.2) is 39.4 Å². The molecule has 0 fully saturated rings. The number of rotatable bonds is 2. The Labute approximate surface area is 110 Å². The zero-order valence-electron chi connectivity index (χ0n) is 10.4. The molecule has 0 radical (unpaired) electrons. The van der Waals surface area contributed by atoms with Crippen molar-refractivity contribution in [1.29, 1.82) is 0 Å². The van der Waals surface area contributed by atoms with Gasteiger partial charge in [-0.25, -0.2) is 0 Å². The van der Waals surface area contributed by atoms with E-state index in [2.05, 4.69) is 36.7 Å². The van der Waals surface area contributed by atoms with Gasteiger partial charge < -0.3 is 10.2 Å². The lowest BCUT2D eigenvalue weighted by molar-refractivity contribution is 0.523. The molecule has 2 aromatic heterocycles. The van der Waals surface area contributed by atoms with E-state index in [1.54, 1.807) is 11.3 Å². The summed E-state index contributed by atoms with van der Waals surface area (Å²) in [4.78, 5) is 0. The van der Waals surface area contributed by atoms with Crippen LogP contribution in [0.4, 0.5) is 0 Å². The number of benzene rings is 1. The van der Waals surface area contributed by atoms with Crippen molar-refractivity contribution in [3.05, 3.63) is 57.5 Å². The molecule has 1 aromatic carbocycles. The van der Waals surface area contributed by atoms with Crippen LogP contribution in [0.5, 0.6) is 0 Å². The highest BCUT2D eigenvalue weighted by Crippen LogP contribution is 2.30. The summed E-state index contributed by atoms with van der Waals surface area (Å²) < 4.78 is 5.92. The van der Waals surface area contributed by atoms with Gasteiger partial charge in [0.2, 0.25) is 0 Å². The minimum absolute atomic E-state index is 0.178. The van der Waals surface area contributed by atoms with Crippen LogP contribution in [0.3, 0.4) is 0 Å². The molecule has 0 spiro atoms. The van der Waals surface area contributed by atoms with Crippen molar-refractivity contribution in [3.63, 3.8) is 0 Å². The third kappa shape index (κ3) is 1.76. The molecule has 0 saturated carbocycles. The monoisotopic (exact) mass is 257 g/mol. The maximum atomic E-state index is 6.29. The smallest absolute Gasteiger partial charge is 0.137 e. The second-order valence-corrected chi connectivity index (χ2v) is 5.37. The highest BCUT2D eigenvalue weighted by Gasteiger charge is 2.17. The minimum atomic E-state index is -0.178. The molecule has 0 aliphatic heterocycles. The number of aryl methyl sites for hydroxylation is 2. The molecule has 3 rings (SSSR count). The van der Waals surface area contributed by atoms with E-state index in [9.17, 15) is 0 Å². The fourth-order valence-corrected chi connectivity index (χ4v) is 3.11. The molecule has 2 nitrogen and oxygen atoms in total. The van der Waals surface area contributed by atoms with E-state index in [1.165, 1.54) is 5.56 Å². The molecule has 0 saturated heterocycles. The predicted octanol–water partition coefficient (Wildman–Crippen LogP) is 4.16. The topological polar surface area (TPSA) is 39.2 Å². The minimum Gasteiger partial charge on any atom is -0.459 e. The molecule has 2 N–H and O–H groups in total. The summed E-state index contributed by atoms with van der Waals surface area (Å²) in [5, 5.41) is 5.33. The van der Waals surface area contributed by atoms with Crippen molar-refractivity contribution in [3.8, 4) is 0 Å². The van der Waals surface area contributed by atoms with Gasteiger partial charge >= 0.3 is 0 Å². The summed E-state index contributed by atoms with van der Waals surface area (Å²) in [5.41, 5.74) is 10.8. The Bertz CT molecular complexity index is 695. The van der Waals surface area contributed by atoms with Gasteiger partial charge in [-0.05, 0) is 47.4 Å². The van der Waals surface area contributed by atoms with E-state index >= 15 is 0 Å². The third-order valence-corrected chi connectivity index (χ3v) is 4.18. The fourth-order valence-electron chi connectivity index (χ4n) is 2.22. The quantitative estimate of drug-likeness (QED) is 0.748. The summed E-state index contributed by atoms with van der Waals surface area (Å²) in [6.45, 7) is 4.14. The molecule has 3 heteroatoms. The van der Waals surface area contributed by atoms with Crippen LogP contribution in [-0.4, -0.2) is 0 Å². The van der Waals surface area contributed by atoms with E-state index in [1.807, 2.05) is 12.1 Å². The largest absolute Gasteiger partial charge is 0.459 e. The molecule has 2 heterocycles. The van der Waals surface area contributed by atoms with Crippen LogP contribution < -0.4 is 5.73 Å². The Morgan fingerprint density at radius 1 is 1.17 bits per heavy atom. The number of hydrogen-bond donors (Lipinski definition) is 1. The maximum Gasteiger partial charge on any atom is 0.137 e. The third-order valence-electron chi connectivity index (χ3n) is 3.30. The zero-order chi connectivity index (χ0) is 12.7. The zero-order valence-corrected chi connectivity index (χ0v) is 11.3. The Morgan fingerprint density at radius 3 is 2.67 bits per heavy atom. The SMILES string of the molecule is Cc1cscc1C(N)c1cc2cccc(C)c2o1. The van der Waals surface area contributed by atoms with E-state index in [-0.39, 0.29) is 6.04 Å². The lowest BCUT2D eigenvalue weighted by Crippen LogP contribution is -2.10. The molecule has 1 atom stereocenters. The van der Waals surface area contributed by atoms with Gasteiger partial charge in [-0.3, -0.25) is 0 Å². The number of fused-ring (bicyclic) bond motifs is 1. The van der Waals surface area contributed by atoms with Gasteiger partial charge in [0.1, 0.15) is 11.3 Å². The molecular formula is C15H15NOS. The first kappa shape index (κ1) is 11.5. The van der Waals surface area contributed by atoms with Gasteiger partial charge in [-0.2, -0.15) is 11.3 Å².